The summed E-state index contributed by atoms with van der Waals surface area (Å²) in [6.07, 6.45) is 8.22. The van der Waals surface area contributed by atoms with E-state index < -0.39 is 18.2 Å². The molecule has 3 aromatic rings. The number of hydrogen-bond donors (Lipinski definition) is 2. The Bertz CT molecular complexity index is 1510. The summed E-state index contributed by atoms with van der Waals surface area (Å²) >= 11 is 0. The Morgan fingerprint density at radius 3 is 2.20 bits per heavy atom. The summed E-state index contributed by atoms with van der Waals surface area (Å²) in [5, 5.41) is 12.2. The molecule has 238 valence electrons. The van der Waals surface area contributed by atoms with Gasteiger partial charge in [0.1, 0.15) is 12.1 Å². The van der Waals surface area contributed by atoms with E-state index in [1.807, 2.05) is 72.8 Å². The molecule has 1 saturated heterocycles. The highest BCUT2D eigenvalue weighted by Crippen LogP contribution is 2.32. The molecule has 0 unspecified atom stereocenters. The molecule has 45 heavy (non-hydrogen) atoms. The van der Waals surface area contributed by atoms with Gasteiger partial charge < -0.3 is 25.5 Å². The number of amides is 3. The van der Waals surface area contributed by atoms with Gasteiger partial charge in [0.25, 0.3) is 0 Å². The van der Waals surface area contributed by atoms with E-state index in [2.05, 4.69) is 6.07 Å². The lowest BCUT2D eigenvalue weighted by Crippen LogP contribution is -2.57. The van der Waals surface area contributed by atoms with Crippen molar-refractivity contribution < 1.29 is 19.5 Å². The molecule has 1 heterocycles. The number of carbonyl (C=O) groups excluding carboxylic acids is 3. The van der Waals surface area contributed by atoms with Crippen molar-refractivity contribution in [2.24, 2.45) is 5.73 Å². The van der Waals surface area contributed by atoms with Gasteiger partial charge in [0.15, 0.2) is 0 Å². The van der Waals surface area contributed by atoms with Crippen LogP contribution in [0.2, 0.25) is 0 Å². The van der Waals surface area contributed by atoms with Gasteiger partial charge in [-0.1, -0.05) is 78.9 Å². The Morgan fingerprint density at radius 1 is 0.889 bits per heavy atom. The third-order valence-corrected chi connectivity index (χ3v) is 9.63. The number of aliphatic hydroxyl groups excluding tert-OH is 1. The van der Waals surface area contributed by atoms with Crippen LogP contribution in [0.4, 0.5) is 0 Å². The van der Waals surface area contributed by atoms with Crippen molar-refractivity contribution in [3.8, 4) is 0 Å². The minimum atomic E-state index is -0.835. The van der Waals surface area contributed by atoms with E-state index >= 15 is 0 Å². The lowest BCUT2D eigenvalue weighted by molar-refractivity contribution is -0.150. The molecule has 3 aromatic carbocycles. The van der Waals surface area contributed by atoms with Crippen molar-refractivity contribution >= 4 is 28.5 Å². The van der Waals surface area contributed by atoms with E-state index in [-0.39, 0.29) is 23.3 Å². The number of piperidine rings is 1. The second-order valence-corrected chi connectivity index (χ2v) is 12.9. The molecule has 2 aliphatic rings. The summed E-state index contributed by atoms with van der Waals surface area (Å²) in [4.78, 5) is 46.8. The molecule has 8 heteroatoms. The molecule has 0 spiro atoms. The number of nitrogens with two attached hydrogens (primary N) is 1. The topological polar surface area (TPSA) is 107 Å². The highest BCUT2D eigenvalue weighted by molar-refractivity contribution is 5.95. The first-order valence-electron chi connectivity index (χ1n) is 16.1. The third kappa shape index (κ3) is 7.99. The summed E-state index contributed by atoms with van der Waals surface area (Å²) in [5.74, 6) is -0.719. The first-order chi connectivity index (χ1) is 21.6. The zero-order chi connectivity index (χ0) is 32.0. The average Bonchev–Trinajstić information content (AvgIpc) is 3.04. The van der Waals surface area contributed by atoms with Gasteiger partial charge in [0.05, 0.1) is 6.10 Å². The normalized spacial score (nSPS) is 17.9. The van der Waals surface area contributed by atoms with Gasteiger partial charge in [0.2, 0.25) is 17.7 Å². The minimum absolute atomic E-state index is 0.145. The second-order valence-electron chi connectivity index (χ2n) is 12.9. The van der Waals surface area contributed by atoms with E-state index in [4.69, 9.17) is 5.73 Å². The number of nitrogens with zero attached hydrogens (tertiary/aromatic N) is 3. The van der Waals surface area contributed by atoms with Crippen molar-refractivity contribution in [3.05, 3.63) is 96.1 Å². The standard InChI is InChI=1S/C37H46N4O4/c1-39(34(43)14-8-19-37(38)20-9-21-37)32(26-28-15-16-29-12-6-7-13-30(29)24-28)35(44)40(2)33(25-27-10-4-3-5-11-27)36(45)41-22-17-31(42)18-23-41/h3-8,10-16,24,31-33,42H,9,17-23,25-26,38H2,1-2H3/t32-,33-/m1/s1. The Hall–Kier alpha value is -4.01. The number of benzene rings is 3. The summed E-state index contributed by atoms with van der Waals surface area (Å²) < 4.78 is 0. The third-order valence-electron chi connectivity index (χ3n) is 9.63. The Balaban J connectivity index is 1.42. The highest BCUT2D eigenvalue weighted by Gasteiger charge is 2.37. The monoisotopic (exact) mass is 610 g/mol. The van der Waals surface area contributed by atoms with E-state index in [0.29, 0.717) is 45.2 Å². The first kappa shape index (κ1) is 32.4. The SMILES string of the molecule is CN(C(=O)C=CCC1(N)CCC1)[C@H](Cc1ccc2ccccc2c1)C(=O)N(C)[C@H](Cc1ccccc1)C(=O)N1CCC(O)CC1. The number of likely N-dealkylation sites (N-methyl/N-ethyl adjacent to an activating group) is 2. The fourth-order valence-corrected chi connectivity index (χ4v) is 6.39. The van der Waals surface area contributed by atoms with Crippen LogP contribution in [-0.4, -0.2) is 88.4 Å². The Labute approximate surface area is 266 Å². The molecule has 2 atom stereocenters. The molecule has 0 bridgehead atoms. The number of carbonyl (C=O) groups is 3. The van der Waals surface area contributed by atoms with Gasteiger partial charge >= 0.3 is 0 Å². The van der Waals surface area contributed by atoms with Crippen LogP contribution >= 0.6 is 0 Å². The zero-order valence-corrected chi connectivity index (χ0v) is 26.5. The van der Waals surface area contributed by atoms with E-state index in [1.165, 1.54) is 15.9 Å². The predicted octanol–water partition coefficient (Wildman–Crippen LogP) is 4.09. The largest absolute Gasteiger partial charge is 0.393 e. The summed E-state index contributed by atoms with van der Waals surface area (Å²) in [7, 11) is 3.33. The fraction of sp³-hybridized carbons (Fsp3) is 0.432. The lowest BCUT2D eigenvalue weighted by Gasteiger charge is -2.38. The van der Waals surface area contributed by atoms with Crippen molar-refractivity contribution in [1.29, 1.82) is 0 Å². The van der Waals surface area contributed by atoms with Gasteiger partial charge in [0, 0.05) is 45.6 Å². The maximum atomic E-state index is 14.5. The van der Waals surface area contributed by atoms with Crippen LogP contribution in [-0.2, 0) is 27.2 Å². The summed E-state index contributed by atoms with van der Waals surface area (Å²) in [6, 6.07) is 22.2. The van der Waals surface area contributed by atoms with Gasteiger partial charge in [-0.2, -0.15) is 0 Å². The molecule has 2 fully saturated rings. The number of rotatable bonds is 11. The van der Waals surface area contributed by atoms with Crippen LogP contribution in [0.15, 0.2) is 84.9 Å². The molecule has 5 rings (SSSR count). The smallest absolute Gasteiger partial charge is 0.246 e. The Morgan fingerprint density at radius 2 is 1.53 bits per heavy atom. The predicted molar refractivity (Wildman–Crippen MR) is 177 cm³/mol. The molecule has 1 aliphatic heterocycles. The zero-order valence-electron chi connectivity index (χ0n) is 26.5. The average molecular weight is 611 g/mol. The molecule has 3 N–H and O–H groups in total. The van der Waals surface area contributed by atoms with Crippen LogP contribution < -0.4 is 5.73 Å². The van der Waals surface area contributed by atoms with Crippen LogP contribution in [0.1, 0.15) is 49.7 Å². The highest BCUT2D eigenvalue weighted by atomic mass is 16.3. The van der Waals surface area contributed by atoms with Gasteiger partial charge in [-0.15, -0.1) is 0 Å². The van der Waals surface area contributed by atoms with Crippen LogP contribution in [0.3, 0.4) is 0 Å². The number of hydrogen-bond acceptors (Lipinski definition) is 5. The maximum Gasteiger partial charge on any atom is 0.246 e. The van der Waals surface area contributed by atoms with Crippen molar-refractivity contribution in [3.63, 3.8) is 0 Å². The quantitative estimate of drug-likeness (QED) is 0.318. The van der Waals surface area contributed by atoms with E-state index in [0.717, 1.165) is 41.2 Å². The molecular weight excluding hydrogens is 564 g/mol. The molecule has 3 amide bonds. The molecular formula is C37H46N4O4. The van der Waals surface area contributed by atoms with Gasteiger partial charge in [-0.05, 0) is 66.5 Å². The molecule has 0 radical (unpaired) electrons. The first-order valence-corrected chi connectivity index (χ1v) is 16.1. The molecule has 1 aliphatic carbocycles. The molecule has 1 saturated carbocycles. The fourth-order valence-electron chi connectivity index (χ4n) is 6.39. The number of fused-ring (bicyclic) bond motifs is 1. The molecule has 0 aromatic heterocycles. The van der Waals surface area contributed by atoms with Crippen molar-refractivity contribution in [2.45, 2.75) is 75.1 Å². The maximum absolute atomic E-state index is 14.5. The van der Waals surface area contributed by atoms with Crippen molar-refractivity contribution in [1.82, 2.24) is 14.7 Å². The lowest BCUT2D eigenvalue weighted by atomic mass is 9.75. The number of aliphatic hydroxyl groups is 1. The summed E-state index contributed by atoms with van der Waals surface area (Å²) in [5.41, 5.74) is 7.99. The van der Waals surface area contributed by atoms with E-state index in [9.17, 15) is 19.5 Å². The number of likely N-dealkylation sites (tertiary alicyclic amines) is 1. The van der Waals surface area contributed by atoms with Crippen LogP contribution in [0.5, 0.6) is 0 Å². The summed E-state index contributed by atoms with van der Waals surface area (Å²) in [6.45, 7) is 0.888. The van der Waals surface area contributed by atoms with Crippen LogP contribution in [0, 0.1) is 0 Å². The molecule has 8 nitrogen and oxygen atoms in total. The van der Waals surface area contributed by atoms with Crippen molar-refractivity contribution in [2.75, 3.05) is 27.2 Å². The van der Waals surface area contributed by atoms with E-state index in [1.54, 1.807) is 19.0 Å². The van der Waals surface area contributed by atoms with Gasteiger partial charge in [-0.3, -0.25) is 14.4 Å². The Kier molecular flexibility index (Phi) is 10.4. The second kappa shape index (κ2) is 14.4. The van der Waals surface area contributed by atoms with Gasteiger partial charge in [-0.25, -0.2) is 0 Å². The van der Waals surface area contributed by atoms with Crippen LogP contribution in [0.25, 0.3) is 10.8 Å². The minimum Gasteiger partial charge on any atom is -0.393 e.